The maximum absolute atomic E-state index is 13.9. The van der Waals surface area contributed by atoms with Crippen LogP contribution in [0.1, 0.15) is 41.6 Å². The number of nitrogens with zero attached hydrogens (tertiary/aromatic N) is 3. The van der Waals surface area contributed by atoms with Crippen LogP contribution in [-0.2, 0) is 6.18 Å². The Hall–Kier alpha value is -3.25. The lowest BCUT2D eigenvalue weighted by molar-refractivity contribution is -0.136. The number of pyridine rings is 1. The first-order chi connectivity index (χ1) is 14.4. The highest BCUT2D eigenvalue weighted by molar-refractivity contribution is 5.95. The van der Waals surface area contributed by atoms with Gasteiger partial charge in [0.2, 0.25) is 5.82 Å². The molecule has 1 N–H and O–H groups in total. The Morgan fingerprint density at radius 2 is 1.52 bits per heavy atom. The standard InChI is InChI=1S/C18H12F8N4O/c1-6(2)14(16-29-28-15-7(18(24,25)26)4-3-5-30(15)16)27-17(31)8-9(19)11(21)13(23)12(22)10(8)20/h3-6,14H,1-2H3,(H,27,31)/t14-/m0/s1. The van der Waals surface area contributed by atoms with E-state index in [9.17, 15) is 39.9 Å². The molecule has 2 heterocycles. The van der Waals surface area contributed by atoms with E-state index in [1.165, 1.54) is 20.0 Å². The second-order valence-corrected chi connectivity index (χ2v) is 6.81. The Labute approximate surface area is 168 Å². The van der Waals surface area contributed by atoms with Crippen molar-refractivity contribution >= 4 is 11.6 Å². The zero-order chi connectivity index (χ0) is 23.2. The first-order valence-corrected chi connectivity index (χ1v) is 8.59. The molecule has 31 heavy (non-hydrogen) atoms. The number of amides is 1. The SMILES string of the molecule is CC(C)[C@H](NC(=O)c1c(F)c(F)c(F)c(F)c1F)c1nnc2c(C(F)(F)F)cccn12. The van der Waals surface area contributed by atoms with Crippen LogP contribution in [0.15, 0.2) is 18.3 Å². The molecule has 1 amide bonds. The van der Waals surface area contributed by atoms with E-state index in [0.717, 1.165) is 16.5 Å². The molecule has 0 aliphatic carbocycles. The summed E-state index contributed by atoms with van der Waals surface area (Å²) in [5, 5.41) is 9.16. The third-order valence-corrected chi connectivity index (χ3v) is 4.43. The van der Waals surface area contributed by atoms with Crippen LogP contribution in [0.25, 0.3) is 5.65 Å². The second-order valence-electron chi connectivity index (χ2n) is 6.81. The van der Waals surface area contributed by atoms with Gasteiger partial charge in [0, 0.05) is 6.20 Å². The zero-order valence-electron chi connectivity index (χ0n) is 15.7. The quantitative estimate of drug-likeness (QED) is 0.359. The summed E-state index contributed by atoms with van der Waals surface area (Å²) in [5.41, 5.74) is -3.45. The van der Waals surface area contributed by atoms with Crippen molar-refractivity contribution in [2.75, 3.05) is 0 Å². The summed E-state index contributed by atoms with van der Waals surface area (Å²) in [6, 6.07) is 0.512. The molecule has 1 atom stereocenters. The summed E-state index contributed by atoms with van der Waals surface area (Å²) < 4.78 is 108. The molecule has 0 bridgehead atoms. The summed E-state index contributed by atoms with van der Waals surface area (Å²) in [4.78, 5) is 12.4. The first-order valence-electron chi connectivity index (χ1n) is 8.59. The number of nitrogens with one attached hydrogen (secondary N) is 1. The average Bonchev–Trinajstić information content (AvgIpc) is 3.11. The van der Waals surface area contributed by atoms with Gasteiger partial charge in [0.25, 0.3) is 5.91 Å². The molecule has 13 heteroatoms. The lowest BCUT2D eigenvalue weighted by Crippen LogP contribution is -2.34. The molecule has 3 rings (SSSR count). The average molecular weight is 452 g/mol. The fourth-order valence-electron chi connectivity index (χ4n) is 2.91. The number of carbonyl (C=O) groups is 1. The van der Waals surface area contributed by atoms with Crippen molar-refractivity contribution in [1.82, 2.24) is 19.9 Å². The van der Waals surface area contributed by atoms with Crippen molar-refractivity contribution in [3.8, 4) is 0 Å². The molecule has 0 aliphatic rings. The maximum Gasteiger partial charge on any atom is 0.420 e. The van der Waals surface area contributed by atoms with Crippen LogP contribution in [0.4, 0.5) is 35.1 Å². The predicted molar refractivity (Wildman–Crippen MR) is 89.3 cm³/mol. The number of alkyl halides is 3. The van der Waals surface area contributed by atoms with Gasteiger partial charge in [0.05, 0.1) is 6.04 Å². The second kappa shape index (κ2) is 7.78. The topological polar surface area (TPSA) is 59.3 Å². The first kappa shape index (κ1) is 22.4. The highest BCUT2D eigenvalue weighted by Gasteiger charge is 2.36. The van der Waals surface area contributed by atoms with E-state index in [1.54, 1.807) is 0 Å². The zero-order valence-corrected chi connectivity index (χ0v) is 15.7. The van der Waals surface area contributed by atoms with E-state index in [-0.39, 0.29) is 5.82 Å². The van der Waals surface area contributed by atoms with Crippen LogP contribution >= 0.6 is 0 Å². The molecule has 0 fully saturated rings. The van der Waals surface area contributed by atoms with Gasteiger partial charge >= 0.3 is 6.18 Å². The van der Waals surface area contributed by atoms with Gasteiger partial charge in [-0.1, -0.05) is 13.8 Å². The van der Waals surface area contributed by atoms with Gasteiger partial charge in [0.1, 0.15) is 11.1 Å². The number of rotatable bonds is 4. The molecule has 0 saturated heterocycles. The van der Waals surface area contributed by atoms with Crippen molar-refractivity contribution in [3.05, 3.63) is 64.4 Å². The third-order valence-electron chi connectivity index (χ3n) is 4.43. The fraction of sp³-hybridized carbons (Fsp3) is 0.278. The minimum atomic E-state index is -4.77. The predicted octanol–water partition coefficient (Wildman–Crippen LogP) is 4.57. The number of hydrogen-bond acceptors (Lipinski definition) is 3. The number of aromatic nitrogens is 3. The summed E-state index contributed by atoms with van der Waals surface area (Å²) >= 11 is 0. The Bertz CT molecular complexity index is 1140. The monoisotopic (exact) mass is 452 g/mol. The summed E-state index contributed by atoms with van der Waals surface area (Å²) in [6.07, 6.45) is -3.60. The van der Waals surface area contributed by atoms with Crippen molar-refractivity contribution in [3.63, 3.8) is 0 Å². The van der Waals surface area contributed by atoms with Gasteiger partial charge < -0.3 is 5.32 Å². The Morgan fingerprint density at radius 1 is 0.968 bits per heavy atom. The van der Waals surface area contributed by atoms with E-state index in [0.29, 0.717) is 0 Å². The van der Waals surface area contributed by atoms with Crippen molar-refractivity contribution in [1.29, 1.82) is 0 Å². The lowest BCUT2D eigenvalue weighted by atomic mass is 10.0. The third kappa shape index (κ3) is 3.79. The molecular formula is C18H12F8N4O. The Balaban J connectivity index is 2.08. The van der Waals surface area contributed by atoms with E-state index >= 15 is 0 Å². The minimum Gasteiger partial charge on any atom is -0.342 e. The molecule has 0 spiro atoms. The highest BCUT2D eigenvalue weighted by atomic mass is 19.4. The molecule has 0 unspecified atom stereocenters. The molecule has 5 nitrogen and oxygen atoms in total. The number of halogens is 8. The largest absolute Gasteiger partial charge is 0.420 e. The molecule has 0 aliphatic heterocycles. The smallest absolute Gasteiger partial charge is 0.342 e. The number of hydrogen-bond donors (Lipinski definition) is 1. The van der Waals surface area contributed by atoms with Crippen LogP contribution in [-0.4, -0.2) is 20.5 Å². The van der Waals surface area contributed by atoms with Gasteiger partial charge in [-0.2, -0.15) is 13.2 Å². The molecular weight excluding hydrogens is 440 g/mol. The van der Waals surface area contributed by atoms with E-state index in [4.69, 9.17) is 0 Å². The summed E-state index contributed by atoms with van der Waals surface area (Å²) in [5.74, 6) is -14.3. The van der Waals surface area contributed by atoms with E-state index < -0.39 is 69.9 Å². The molecule has 3 aromatic rings. The maximum atomic E-state index is 13.9. The van der Waals surface area contributed by atoms with Gasteiger partial charge in [-0.3, -0.25) is 9.20 Å². The van der Waals surface area contributed by atoms with E-state index in [2.05, 4.69) is 15.5 Å². The van der Waals surface area contributed by atoms with Crippen LogP contribution < -0.4 is 5.32 Å². The molecule has 0 radical (unpaired) electrons. The molecule has 166 valence electrons. The van der Waals surface area contributed by atoms with Crippen molar-refractivity contribution < 1.29 is 39.9 Å². The molecule has 1 aromatic carbocycles. The van der Waals surface area contributed by atoms with Gasteiger partial charge in [-0.25, -0.2) is 22.0 Å². The minimum absolute atomic E-state index is 0.242. The summed E-state index contributed by atoms with van der Waals surface area (Å²) in [7, 11) is 0. The highest BCUT2D eigenvalue weighted by Crippen LogP contribution is 2.33. The van der Waals surface area contributed by atoms with Gasteiger partial charge in [0.15, 0.2) is 34.7 Å². The van der Waals surface area contributed by atoms with Crippen LogP contribution in [0.5, 0.6) is 0 Å². The van der Waals surface area contributed by atoms with E-state index in [1.807, 2.05) is 0 Å². The Morgan fingerprint density at radius 3 is 2.03 bits per heavy atom. The lowest BCUT2D eigenvalue weighted by Gasteiger charge is -2.21. The normalized spacial score (nSPS) is 13.1. The van der Waals surface area contributed by atoms with Crippen LogP contribution in [0.2, 0.25) is 0 Å². The number of benzene rings is 1. The van der Waals surface area contributed by atoms with Crippen LogP contribution in [0.3, 0.4) is 0 Å². The van der Waals surface area contributed by atoms with Crippen LogP contribution in [0, 0.1) is 35.0 Å². The number of carbonyl (C=O) groups excluding carboxylic acids is 1. The van der Waals surface area contributed by atoms with Crippen molar-refractivity contribution in [2.45, 2.75) is 26.1 Å². The number of fused-ring (bicyclic) bond motifs is 1. The Kier molecular flexibility index (Phi) is 5.63. The van der Waals surface area contributed by atoms with Gasteiger partial charge in [-0.05, 0) is 18.1 Å². The van der Waals surface area contributed by atoms with Crippen molar-refractivity contribution in [2.24, 2.45) is 5.92 Å². The fourth-order valence-corrected chi connectivity index (χ4v) is 2.91. The summed E-state index contributed by atoms with van der Waals surface area (Å²) in [6.45, 7) is 2.97. The molecule has 2 aromatic heterocycles. The molecule has 0 saturated carbocycles. The van der Waals surface area contributed by atoms with Gasteiger partial charge in [-0.15, -0.1) is 10.2 Å².